The van der Waals surface area contributed by atoms with E-state index < -0.39 is 10.5 Å². The Balaban J connectivity index is 1.99. The number of hydrogen-bond donors (Lipinski definition) is 1. The van der Waals surface area contributed by atoms with Crippen LogP contribution in [0.2, 0.25) is 0 Å². The van der Waals surface area contributed by atoms with Gasteiger partial charge in [-0.3, -0.25) is 15.1 Å². The van der Waals surface area contributed by atoms with Gasteiger partial charge in [0.15, 0.2) is 0 Å². The molecule has 6 heteroatoms. The van der Waals surface area contributed by atoms with E-state index in [0.29, 0.717) is 5.69 Å². The molecule has 0 saturated heterocycles. The minimum Gasteiger partial charge on any atom is -0.368 e. The summed E-state index contributed by atoms with van der Waals surface area (Å²) in [6.07, 6.45) is 4.85. The Morgan fingerprint density at radius 3 is 2.65 bits per heavy atom. The number of hydrogen-bond acceptors (Lipinski definition) is 5. The molecule has 0 fully saturated rings. The zero-order valence-electron chi connectivity index (χ0n) is 12.0. The highest BCUT2D eigenvalue weighted by molar-refractivity contribution is 5.90. The zero-order valence-corrected chi connectivity index (χ0v) is 12.0. The summed E-state index contributed by atoms with van der Waals surface area (Å²) < 4.78 is 0. The molecule has 2 aromatic rings. The fourth-order valence-electron chi connectivity index (χ4n) is 2.53. The number of nitro groups is 1. The number of nitrogens with one attached hydrogen (secondary N) is 1. The molecule has 0 aromatic heterocycles. The highest BCUT2D eigenvalue weighted by Crippen LogP contribution is 2.38. The minimum absolute atomic E-state index is 0.0256. The van der Waals surface area contributed by atoms with Crippen LogP contribution in [0.5, 0.6) is 0 Å². The topological polar surface area (TPSA) is 91.3 Å². The zero-order chi connectivity index (χ0) is 16.3. The van der Waals surface area contributed by atoms with E-state index in [1.54, 1.807) is 24.4 Å². The second kappa shape index (κ2) is 5.73. The van der Waals surface area contributed by atoms with Crippen LogP contribution >= 0.6 is 0 Å². The van der Waals surface area contributed by atoms with E-state index in [0.717, 1.165) is 11.3 Å². The first-order valence-corrected chi connectivity index (χ1v) is 6.89. The van der Waals surface area contributed by atoms with Crippen LogP contribution in [0.25, 0.3) is 0 Å². The van der Waals surface area contributed by atoms with Crippen LogP contribution < -0.4 is 5.32 Å². The number of para-hydroxylation sites is 1. The summed E-state index contributed by atoms with van der Waals surface area (Å²) in [5, 5.41) is 22.9. The Labute approximate surface area is 132 Å². The van der Waals surface area contributed by atoms with Crippen molar-refractivity contribution in [3.63, 3.8) is 0 Å². The van der Waals surface area contributed by atoms with Gasteiger partial charge in [0.05, 0.1) is 16.7 Å². The normalized spacial score (nSPS) is 18.6. The van der Waals surface area contributed by atoms with E-state index in [9.17, 15) is 10.1 Å². The first-order chi connectivity index (χ1) is 11.1. The summed E-state index contributed by atoms with van der Waals surface area (Å²) in [5.41, 5.74) is 1.72. The van der Waals surface area contributed by atoms with E-state index in [1.165, 1.54) is 18.2 Å². The highest BCUT2D eigenvalue weighted by Gasteiger charge is 2.33. The molecule has 0 saturated carbocycles. The first kappa shape index (κ1) is 14.5. The number of nitro benzene ring substituents is 1. The molecule has 1 aliphatic rings. The van der Waals surface area contributed by atoms with Crippen molar-refractivity contribution < 1.29 is 4.92 Å². The van der Waals surface area contributed by atoms with Crippen molar-refractivity contribution in [3.05, 3.63) is 76.4 Å². The smallest absolute Gasteiger partial charge is 0.269 e. The molecule has 23 heavy (non-hydrogen) atoms. The summed E-state index contributed by atoms with van der Waals surface area (Å²) in [7, 11) is 0. The molecule has 1 heterocycles. The summed E-state index contributed by atoms with van der Waals surface area (Å²) in [4.78, 5) is 14.7. The molecule has 2 aromatic carbocycles. The number of aliphatic imine (C=N–C) groups is 1. The number of anilines is 1. The molecule has 1 aliphatic heterocycles. The maximum atomic E-state index is 10.7. The maximum Gasteiger partial charge on any atom is 0.269 e. The minimum atomic E-state index is -0.748. The summed E-state index contributed by atoms with van der Waals surface area (Å²) in [5.74, 6) is 0. The maximum absolute atomic E-state index is 10.7. The average Bonchev–Trinajstić information content (AvgIpc) is 2.93. The van der Waals surface area contributed by atoms with Crippen LogP contribution in [0.4, 0.5) is 17.1 Å². The standard InChI is InChI=1S/C17H12N4O2/c18-11-3-10-17(12-19-16-5-2-1-4-15(16)17)20-13-6-8-14(9-7-13)21(22)23/h1-10,12,20H. The Hall–Kier alpha value is -3.46. The third-order valence-corrected chi connectivity index (χ3v) is 3.61. The molecule has 1 N–H and O–H groups in total. The van der Waals surface area contributed by atoms with E-state index in [4.69, 9.17) is 5.26 Å². The molecule has 3 rings (SSSR count). The molecule has 0 spiro atoms. The van der Waals surface area contributed by atoms with Crippen LogP contribution in [0, 0.1) is 21.4 Å². The number of allylic oxidation sites excluding steroid dienone is 1. The van der Waals surface area contributed by atoms with Crippen LogP contribution in [0.15, 0.2) is 65.7 Å². The van der Waals surface area contributed by atoms with Gasteiger partial charge in [-0.2, -0.15) is 5.26 Å². The molecular weight excluding hydrogens is 292 g/mol. The van der Waals surface area contributed by atoms with Crippen molar-refractivity contribution >= 4 is 23.3 Å². The summed E-state index contributed by atoms with van der Waals surface area (Å²) in [6.45, 7) is 0. The van der Waals surface area contributed by atoms with Crippen LogP contribution in [-0.4, -0.2) is 11.1 Å². The predicted octanol–water partition coefficient (Wildman–Crippen LogP) is 3.70. The van der Waals surface area contributed by atoms with E-state index in [-0.39, 0.29) is 5.69 Å². The van der Waals surface area contributed by atoms with E-state index in [2.05, 4.69) is 10.3 Å². The predicted molar refractivity (Wildman–Crippen MR) is 87.7 cm³/mol. The Kier molecular flexibility index (Phi) is 3.61. The van der Waals surface area contributed by atoms with Crippen molar-refractivity contribution in [2.24, 2.45) is 4.99 Å². The Morgan fingerprint density at radius 1 is 1.22 bits per heavy atom. The van der Waals surface area contributed by atoms with Gasteiger partial charge in [-0.1, -0.05) is 18.2 Å². The summed E-state index contributed by atoms with van der Waals surface area (Å²) >= 11 is 0. The Morgan fingerprint density at radius 2 is 1.96 bits per heavy atom. The summed E-state index contributed by atoms with van der Waals surface area (Å²) in [6, 6.07) is 15.7. The van der Waals surface area contributed by atoms with Gasteiger partial charge in [0.25, 0.3) is 5.69 Å². The lowest BCUT2D eigenvalue weighted by atomic mass is 9.91. The van der Waals surface area contributed by atoms with Gasteiger partial charge in [-0.05, 0) is 24.3 Å². The van der Waals surface area contributed by atoms with Gasteiger partial charge in [-0.25, -0.2) is 0 Å². The lowest BCUT2D eigenvalue weighted by molar-refractivity contribution is -0.384. The highest BCUT2D eigenvalue weighted by atomic mass is 16.6. The number of nitriles is 1. The van der Waals surface area contributed by atoms with Crippen molar-refractivity contribution in [1.82, 2.24) is 0 Å². The van der Waals surface area contributed by atoms with Crippen LogP contribution in [0.1, 0.15) is 5.56 Å². The lowest BCUT2D eigenvalue weighted by Gasteiger charge is -2.26. The van der Waals surface area contributed by atoms with Gasteiger partial charge >= 0.3 is 0 Å². The Bertz CT molecular complexity index is 850. The van der Waals surface area contributed by atoms with E-state index >= 15 is 0 Å². The van der Waals surface area contributed by atoms with Crippen molar-refractivity contribution in [1.29, 1.82) is 5.26 Å². The number of rotatable bonds is 4. The molecule has 112 valence electrons. The fourth-order valence-corrected chi connectivity index (χ4v) is 2.53. The quantitative estimate of drug-likeness (QED) is 0.529. The molecule has 0 amide bonds. The number of fused-ring (bicyclic) bond motifs is 1. The number of nitrogens with zero attached hydrogens (tertiary/aromatic N) is 3. The average molecular weight is 304 g/mol. The second-order valence-electron chi connectivity index (χ2n) is 5.04. The largest absolute Gasteiger partial charge is 0.368 e. The lowest BCUT2D eigenvalue weighted by Crippen LogP contribution is -2.32. The molecule has 6 nitrogen and oxygen atoms in total. The number of non-ortho nitro benzene ring substituents is 1. The third kappa shape index (κ3) is 2.68. The SMILES string of the molecule is N#CC=CC1(Nc2ccc([N+](=O)[O-])cc2)C=Nc2ccccc21. The number of benzene rings is 2. The van der Waals surface area contributed by atoms with Crippen molar-refractivity contribution in [3.8, 4) is 6.07 Å². The molecule has 1 atom stereocenters. The molecule has 1 unspecified atom stereocenters. The van der Waals surface area contributed by atoms with Gasteiger partial charge in [0.2, 0.25) is 0 Å². The first-order valence-electron chi connectivity index (χ1n) is 6.89. The monoisotopic (exact) mass is 304 g/mol. The van der Waals surface area contributed by atoms with Gasteiger partial charge in [0, 0.05) is 35.7 Å². The molecule has 0 bridgehead atoms. The third-order valence-electron chi connectivity index (χ3n) is 3.61. The molecular formula is C17H12N4O2. The van der Waals surface area contributed by atoms with Gasteiger partial charge in [-0.15, -0.1) is 0 Å². The van der Waals surface area contributed by atoms with Gasteiger partial charge in [0.1, 0.15) is 5.54 Å². The van der Waals surface area contributed by atoms with Crippen LogP contribution in [-0.2, 0) is 5.54 Å². The van der Waals surface area contributed by atoms with Crippen LogP contribution in [0.3, 0.4) is 0 Å². The molecule has 0 aliphatic carbocycles. The second-order valence-corrected chi connectivity index (χ2v) is 5.04. The van der Waals surface area contributed by atoms with E-state index in [1.807, 2.05) is 30.3 Å². The van der Waals surface area contributed by atoms with Gasteiger partial charge < -0.3 is 5.32 Å². The van der Waals surface area contributed by atoms with Crippen molar-refractivity contribution in [2.45, 2.75) is 5.54 Å². The molecule has 0 radical (unpaired) electrons. The fraction of sp³-hybridized carbons (Fsp3) is 0.0588. The van der Waals surface area contributed by atoms with Crippen molar-refractivity contribution in [2.75, 3.05) is 5.32 Å².